The minimum absolute atomic E-state index is 0.0813. The van der Waals surface area contributed by atoms with Crippen LogP contribution in [0.3, 0.4) is 0 Å². The molecule has 1 rings (SSSR count). The van der Waals surface area contributed by atoms with Crippen LogP contribution in [0.5, 0.6) is 0 Å². The maximum atomic E-state index is 10.7. The number of halogens is 1. The zero-order valence-electron chi connectivity index (χ0n) is 10.4. The van der Waals surface area contributed by atoms with Crippen LogP contribution in [-0.2, 0) is 13.8 Å². The summed E-state index contributed by atoms with van der Waals surface area (Å²) in [4.78, 5) is 0. The molecule has 102 valence electrons. The van der Waals surface area contributed by atoms with E-state index in [1.54, 1.807) is 0 Å². The molecular formula is C12H23ClO3S. The van der Waals surface area contributed by atoms with Crippen LogP contribution in [0.2, 0.25) is 0 Å². The van der Waals surface area contributed by atoms with E-state index in [1.807, 2.05) is 0 Å². The van der Waals surface area contributed by atoms with E-state index in [0.717, 1.165) is 19.4 Å². The van der Waals surface area contributed by atoms with Crippen LogP contribution in [0.1, 0.15) is 57.8 Å². The Bertz CT molecular complexity index is 282. The van der Waals surface area contributed by atoms with E-state index in [9.17, 15) is 8.42 Å². The van der Waals surface area contributed by atoms with E-state index in [0.29, 0.717) is 12.5 Å². The Morgan fingerprint density at radius 2 is 1.65 bits per heavy atom. The lowest BCUT2D eigenvalue weighted by Crippen LogP contribution is -2.12. The molecule has 1 aliphatic rings. The number of unbranched alkanes of at least 4 members (excludes halogenated alkanes) is 2. The fourth-order valence-electron chi connectivity index (χ4n) is 2.21. The van der Waals surface area contributed by atoms with Crippen LogP contribution in [0, 0.1) is 0 Å². The molecule has 1 fully saturated rings. The number of hydrogen-bond acceptors (Lipinski definition) is 3. The maximum Gasteiger partial charge on any atom is 0.232 e. The van der Waals surface area contributed by atoms with Gasteiger partial charge in [0, 0.05) is 17.3 Å². The van der Waals surface area contributed by atoms with Gasteiger partial charge in [-0.1, -0.05) is 32.1 Å². The van der Waals surface area contributed by atoms with Gasteiger partial charge in [-0.15, -0.1) is 0 Å². The van der Waals surface area contributed by atoms with Gasteiger partial charge in [-0.3, -0.25) is 0 Å². The number of hydrogen-bond donors (Lipinski definition) is 0. The summed E-state index contributed by atoms with van der Waals surface area (Å²) in [6.07, 6.45) is 10.5. The van der Waals surface area contributed by atoms with Crippen LogP contribution < -0.4 is 0 Å². The third-order valence-electron chi connectivity index (χ3n) is 3.19. The van der Waals surface area contributed by atoms with Crippen LogP contribution >= 0.6 is 10.7 Å². The molecule has 3 nitrogen and oxygen atoms in total. The first-order valence-electron chi connectivity index (χ1n) is 6.62. The highest BCUT2D eigenvalue weighted by Gasteiger charge is 2.12. The summed E-state index contributed by atoms with van der Waals surface area (Å²) in [5.41, 5.74) is 0. The smallest absolute Gasteiger partial charge is 0.232 e. The van der Waals surface area contributed by atoms with Gasteiger partial charge >= 0.3 is 0 Å². The molecule has 0 aromatic heterocycles. The molecule has 0 aromatic rings. The Morgan fingerprint density at radius 1 is 1.00 bits per heavy atom. The highest BCUT2D eigenvalue weighted by molar-refractivity contribution is 8.13. The Hall–Kier alpha value is 0.200. The molecule has 0 heterocycles. The Morgan fingerprint density at radius 3 is 2.24 bits per heavy atom. The second-order valence-corrected chi connectivity index (χ2v) is 7.68. The first-order valence-corrected chi connectivity index (χ1v) is 9.10. The average molecular weight is 283 g/mol. The van der Waals surface area contributed by atoms with Crippen molar-refractivity contribution in [2.45, 2.75) is 63.9 Å². The first kappa shape index (κ1) is 15.3. The van der Waals surface area contributed by atoms with Gasteiger partial charge in [0.05, 0.1) is 11.9 Å². The molecule has 0 radical (unpaired) electrons. The molecule has 0 bridgehead atoms. The second kappa shape index (κ2) is 8.33. The quantitative estimate of drug-likeness (QED) is 0.408. The predicted molar refractivity (Wildman–Crippen MR) is 70.9 cm³/mol. The Labute approximate surface area is 109 Å². The SMILES string of the molecule is O=S(=O)(Cl)CCCCCOC1CCCCCC1. The van der Waals surface area contributed by atoms with Gasteiger partial charge < -0.3 is 4.74 Å². The van der Waals surface area contributed by atoms with Crippen LogP contribution in [-0.4, -0.2) is 26.9 Å². The van der Waals surface area contributed by atoms with E-state index in [1.165, 1.54) is 38.5 Å². The van der Waals surface area contributed by atoms with E-state index in [2.05, 4.69) is 0 Å². The molecule has 0 saturated heterocycles. The summed E-state index contributed by atoms with van der Waals surface area (Å²) < 4.78 is 27.2. The standard InChI is InChI=1S/C12H23ClO3S/c13-17(14,15)11-7-3-6-10-16-12-8-4-1-2-5-9-12/h12H,1-11H2. The molecule has 0 N–H and O–H groups in total. The van der Waals surface area contributed by atoms with Crippen molar-refractivity contribution in [3.8, 4) is 0 Å². The molecule has 17 heavy (non-hydrogen) atoms. The van der Waals surface area contributed by atoms with Gasteiger partial charge in [-0.2, -0.15) is 0 Å². The first-order chi connectivity index (χ1) is 8.08. The zero-order valence-corrected chi connectivity index (χ0v) is 11.9. The van der Waals surface area contributed by atoms with Crippen molar-refractivity contribution < 1.29 is 13.2 Å². The topological polar surface area (TPSA) is 43.4 Å². The lowest BCUT2D eigenvalue weighted by molar-refractivity contribution is 0.0409. The monoisotopic (exact) mass is 282 g/mol. The minimum Gasteiger partial charge on any atom is -0.378 e. The van der Waals surface area contributed by atoms with Crippen molar-refractivity contribution in [1.82, 2.24) is 0 Å². The lowest BCUT2D eigenvalue weighted by atomic mass is 10.1. The maximum absolute atomic E-state index is 10.7. The van der Waals surface area contributed by atoms with Gasteiger partial charge in [0.15, 0.2) is 0 Å². The molecule has 1 saturated carbocycles. The number of ether oxygens (including phenoxy) is 1. The van der Waals surface area contributed by atoms with Crippen molar-refractivity contribution in [1.29, 1.82) is 0 Å². The molecule has 0 aliphatic heterocycles. The summed E-state index contributed by atoms with van der Waals surface area (Å²) in [7, 11) is 1.82. The summed E-state index contributed by atoms with van der Waals surface area (Å²) >= 11 is 0. The summed E-state index contributed by atoms with van der Waals surface area (Å²) in [6, 6.07) is 0. The van der Waals surface area contributed by atoms with Crippen molar-refractivity contribution >= 4 is 19.7 Å². The van der Waals surface area contributed by atoms with Gasteiger partial charge in [0.1, 0.15) is 0 Å². The molecular weight excluding hydrogens is 260 g/mol. The molecule has 0 amide bonds. The van der Waals surface area contributed by atoms with E-state index < -0.39 is 9.05 Å². The summed E-state index contributed by atoms with van der Waals surface area (Å²) in [5.74, 6) is 0.0813. The third kappa shape index (κ3) is 8.86. The average Bonchev–Trinajstić information content (AvgIpc) is 2.50. The van der Waals surface area contributed by atoms with Crippen molar-refractivity contribution in [3.05, 3.63) is 0 Å². The molecule has 0 atom stereocenters. The summed E-state index contributed by atoms with van der Waals surface area (Å²) in [5, 5.41) is 0. The molecule has 5 heteroatoms. The molecule has 1 aliphatic carbocycles. The minimum atomic E-state index is -3.31. The highest BCUT2D eigenvalue weighted by Crippen LogP contribution is 2.20. The van der Waals surface area contributed by atoms with Crippen LogP contribution in [0.15, 0.2) is 0 Å². The van der Waals surface area contributed by atoms with E-state index >= 15 is 0 Å². The molecule has 0 aromatic carbocycles. The normalized spacial score (nSPS) is 19.1. The van der Waals surface area contributed by atoms with E-state index in [4.69, 9.17) is 15.4 Å². The van der Waals surface area contributed by atoms with Gasteiger partial charge in [-0.25, -0.2) is 8.42 Å². The Balaban J connectivity index is 1.96. The molecule has 0 spiro atoms. The largest absolute Gasteiger partial charge is 0.378 e. The van der Waals surface area contributed by atoms with Gasteiger partial charge in [0.2, 0.25) is 9.05 Å². The third-order valence-corrected chi connectivity index (χ3v) is 4.43. The van der Waals surface area contributed by atoms with Gasteiger partial charge in [-0.05, 0) is 25.7 Å². The predicted octanol–water partition coefficient (Wildman–Crippen LogP) is 3.46. The fourth-order valence-corrected chi connectivity index (χ4v) is 3.09. The highest BCUT2D eigenvalue weighted by atomic mass is 35.7. The fraction of sp³-hybridized carbons (Fsp3) is 1.00. The van der Waals surface area contributed by atoms with Crippen molar-refractivity contribution in [2.24, 2.45) is 0 Å². The van der Waals surface area contributed by atoms with Crippen LogP contribution in [0.4, 0.5) is 0 Å². The second-order valence-electron chi connectivity index (χ2n) is 4.79. The lowest BCUT2D eigenvalue weighted by Gasteiger charge is -2.14. The van der Waals surface area contributed by atoms with Crippen LogP contribution in [0.25, 0.3) is 0 Å². The Kier molecular flexibility index (Phi) is 7.47. The summed E-state index contributed by atoms with van der Waals surface area (Å²) in [6.45, 7) is 0.757. The van der Waals surface area contributed by atoms with E-state index in [-0.39, 0.29) is 5.75 Å². The van der Waals surface area contributed by atoms with Crippen molar-refractivity contribution in [2.75, 3.05) is 12.4 Å². The zero-order chi connectivity index (χ0) is 12.6. The van der Waals surface area contributed by atoms with Crippen molar-refractivity contribution in [3.63, 3.8) is 0 Å². The number of rotatable bonds is 7. The molecule has 0 unspecified atom stereocenters. The van der Waals surface area contributed by atoms with Gasteiger partial charge in [0.25, 0.3) is 0 Å².